The van der Waals surface area contributed by atoms with Crippen LogP contribution in [0.15, 0.2) is 36.5 Å². The molecule has 0 radical (unpaired) electrons. The zero-order chi connectivity index (χ0) is 20.3. The van der Waals surface area contributed by atoms with Crippen molar-refractivity contribution >= 4 is 18.4 Å². The maximum Gasteiger partial charge on any atom is 0.333 e. The largest absolute Gasteiger partial charge is 0.462 e. The lowest BCUT2D eigenvalue weighted by atomic mass is 10.0. The number of carbonyl (C=O) groups is 1. The molecule has 0 atom stereocenters. The number of hydrogen-bond donors (Lipinski definition) is 0. The lowest BCUT2D eigenvalue weighted by molar-refractivity contribution is -0.139. The minimum Gasteiger partial charge on any atom is -0.462 e. The van der Waals surface area contributed by atoms with E-state index in [0.29, 0.717) is 12.2 Å². The first-order chi connectivity index (χ1) is 13.7. The Kier molecular flexibility index (Phi) is 19.0. The number of unbranched alkanes of at least 4 members (excludes halogenated alkanes) is 13. The van der Waals surface area contributed by atoms with Gasteiger partial charge in [-0.05, 0) is 38.3 Å². The minimum atomic E-state index is -0.260. The monoisotopic (exact) mass is 423 g/mol. The van der Waals surface area contributed by atoms with E-state index < -0.39 is 0 Å². The van der Waals surface area contributed by atoms with Crippen molar-refractivity contribution in [2.75, 3.05) is 6.61 Å². The van der Waals surface area contributed by atoms with E-state index in [4.69, 9.17) is 4.74 Å². The van der Waals surface area contributed by atoms with Gasteiger partial charge < -0.3 is 4.74 Å². The first-order valence-corrected chi connectivity index (χ1v) is 11.4. The van der Waals surface area contributed by atoms with Gasteiger partial charge in [-0.1, -0.05) is 89.7 Å². The number of halogens is 1. The van der Waals surface area contributed by atoms with E-state index >= 15 is 0 Å². The summed E-state index contributed by atoms with van der Waals surface area (Å²) in [5.41, 5.74) is 1.72. The molecule has 0 saturated carbocycles. The molecule has 0 spiro atoms. The number of pyridine rings is 1. The molecule has 1 rings (SSSR count). The van der Waals surface area contributed by atoms with Crippen molar-refractivity contribution in [3.8, 4) is 0 Å². The van der Waals surface area contributed by atoms with Crippen LogP contribution in [0, 0.1) is 0 Å². The molecule has 1 aromatic rings. The SMILES string of the molecule is C=C(C)C(=O)OCCCCCCCCCCCCCCCCc1ccccn1.Cl. The van der Waals surface area contributed by atoms with Crippen LogP contribution in [0.5, 0.6) is 0 Å². The number of rotatable bonds is 18. The second kappa shape index (κ2) is 19.9. The van der Waals surface area contributed by atoms with Gasteiger partial charge in [0.25, 0.3) is 0 Å². The topological polar surface area (TPSA) is 39.2 Å². The Morgan fingerprint density at radius 2 is 1.31 bits per heavy atom. The molecule has 0 N–H and O–H groups in total. The predicted molar refractivity (Wildman–Crippen MR) is 126 cm³/mol. The average molecular weight is 424 g/mol. The molecule has 4 heteroatoms. The number of nitrogens with zero attached hydrogens (tertiary/aromatic N) is 1. The zero-order valence-corrected chi connectivity index (χ0v) is 19.3. The second-order valence-corrected chi connectivity index (χ2v) is 7.94. The molecule has 29 heavy (non-hydrogen) atoms. The molecule has 0 bridgehead atoms. The molecule has 1 aromatic heterocycles. The highest BCUT2D eigenvalue weighted by atomic mass is 35.5. The van der Waals surface area contributed by atoms with Crippen LogP contribution in [0.3, 0.4) is 0 Å². The molecule has 0 aliphatic carbocycles. The van der Waals surface area contributed by atoms with Gasteiger partial charge in [0, 0.05) is 17.5 Å². The van der Waals surface area contributed by atoms with Crippen molar-refractivity contribution in [1.29, 1.82) is 0 Å². The fraction of sp³-hybridized carbons (Fsp3) is 0.680. The average Bonchev–Trinajstić information content (AvgIpc) is 2.70. The maximum absolute atomic E-state index is 11.2. The van der Waals surface area contributed by atoms with Gasteiger partial charge in [0.2, 0.25) is 0 Å². The van der Waals surface area contributed by atoms with Crippen molar-refractivity contribution in [2.45, 2.75) is 103 Å². The predicted octanol–water partition coefficient (Wildman–Crippen LogP) is 7.63. The van der Waals surface area contributed by atoms with E-state index in [1.807, 2.05) is 12.3 Å². The van der Waals surface area contributed by atoms with Crippen LogP contribution >= 0.6 is 12.4 Å². The van der Waals surface area contributed by atoms with Gasteiger partial charge in [0.15, 0.2) is 0 Å². The Morgan fingerprint density at radius 1 is 0.828 bits per heavy atom. The smallest absolute Gasteiger partial charge is 0.333 e. The Morgan fingerprint density at radius 3 is 1.76 bits per heavy atom. The molecule has 0 aromatic carbocycles. The minimum absolute atomic E-state index is 0. The summed E-state index contributed by atoms with van der Waals surface area (Å²) in [4.78, 5) is 15.6. The van der Waals surface area contributed by atoms with E-state index in [0.717, 1.165) is 19.3 Å². The second-order valence-electron chi connectivity index (χ2n) is 7.94. The van der Waals surface area contributed by atoms with Crippen LogP contribution in [0.1, 0.15) is 103 Å². The Labute approximate surface area is 185 Å². The summed E-state index contributed by atoms with van der Waals surface area (Å²) in [6, 6.07) is 6.19. The summed E-state index contributed by atoms with van der Waals surface area (Å²) in [6.07, 6.45) is 21.4. The van der Waals surface area contributed by atoms with Crippen LogP contribution < -0.4 is 0 Å². The highest BCUT2D eigenvalue weighted by molar-refractivity contribution is 5.86. The van der Waals surface area contributed by atoms with Crippen molar-refractivity contribution in [3.63, 3.8) is 0 Å². The number of ether oxygens (including phenoxy) is 1. The third-order valence-corrected chi connectivity index (χ3v) is 5.14. The number of aryl methyl sites for hydroxylation is 1. The first-order valence-electron chi connectivity index (χ1n) is 11.4. The molecule has 0 amide bonds. The Hall–Kier alpha value is -1.35. The van der Waals surface area contributed by atoms with Crippen molar-refractivity contribution in [3.05, 3.63) is 42.2 Å². The van der Waals surface area contributed by atoms with Crippen LogP contribution in [-0.4, -0.2) is 17.6 Å². The van der Waals surface area contributed by atoms with Gasteiger partial charge in [-0.15, -0.1) is 12.4 Å². The van der Waals surface area contributed by atoms with Crippen LogP contribution in [0.25, 0.3) is 0 Å². The molecule has 3 nitrogen and oxygen atoms in total. The van der Waals surface area contributed by atoms with E-state index in [2.05, 4.69) is 23.7 Å². The van der Waals surface area contributed by atoms with Crippen molar-refractivity contribution in [2.24, 2.45) is 0 Å². The normalized spacial score (nSPS) is 10.4. The summed E-state index contributed by atoms with van der Waals surface area (Å²) in [6.45, 7) is 5.81. The van der Waals surface area contributed by atoms with E-state index in [1.165, 1.54) is 82.7 Å². The summed E-state index contributed by atoms with van der Waals surface area (Å²) < 4.78 is 5.10. The third kappa shape index (κ3) is 17.2. The summed E-state index contributed by atoms with van der Waals surface area (Å²) in [5.74, 6) is -0.260. The van der Waals surface area contributed by atoms with Gasteiger partial charge in [-0.2, -0.15) is 0 Å². The van der Waals surface area contributed by atoms with Gasteiger partial charge in [0.05, 0.1) is 6.61 Å². The number of carbonyl (C=O) groups excluding carboxylic acids is 1. The molecular weight excluding hydrogens is 382 g/mol. The maximum atomic E-state index is 11.2. The van der Waals surface area contributed by atoms with Crippen LogP contribution in [-0.2, 0) is 16.0 Å². The molecule has 166 valence electrons. The molecule has 0 fully saturated rings. The van der Waals surface area contributed by atoms with E-state index in [9.17, 15) is 4.79 Å². The van der Waals surface area contributed by atoms with Crippen LogP contribution in [0.4, 0.5) is 0 Å². The molecule has 0 aliphatic rings. The molecule has 0 aliphatic heterocycles. The fourth-order valence-corrected chi connectivity index (χ4v) is 3.36. The lowest BCUT2D eigenvalue weighted by Crippen LogP contribution is -2.05. The fourth-order valence-electron chi connectivity index (χ4n) is 3.36. The van der Waals surface area contributed by atoms with E-state index in [1.54, 1.807) is 6.92 Å². The number of aromatic nitrogens is 1. The molecule has 0 unspecified atom stereocenters. The molecule has 0 saturated heterocycles. The van der Waals surface area contributed by atoms with Gasteiger partial charge >= 0.3 is 5.97 Å². The molecule has 1 heterocycles. The first kappa shape index (κ1) is 27.6. The van der Waals surface area contributed by atoms with Crippen LogP contribution in [0.2, 0.25) is 0 Å². The number of hydrogen-bond acceptors (Lipinski definition) is 3. The Bertz CT molecular complexity index is 519. The summed E-state index contributed by atoms with van der Waals surface area (Å²) >= 11 is 0. The quantitative estimate of drug-likeness (QED) is 0.138. The summed E-state index contributed by atoms with van der Waals surface area (Å²) in [5, 5.41) is 0. The van der Waals surface area contributed by atoms with Crippen molar-refractivity contribution in [1.82, 2.24) is 4.98 Å². The Balaban J connectivity index is 0.00000784. The van der Waals surface area contributed by atoms with Gasteiger partial charge in [-0.3, -0.25) is 4.98 Å². The highest BCUT2D eigenvalue weighted by Gasteiger charge is 2.01. The third-order valence-electron chi connectivity index (χ3n) is 5.14. The van der Waals surface area contributed by atoms with Gasteiger partial charge in [0.1, 0.15) is 0 Å². The number of esters is 1. The van der Waals surface area contributed by atoms with E-state index in [-0.39, 0.29) is 18.4 Å². The lowest BCUT2D eigenvalue weighted by Gasteiger charge is -2.05. The standard InChI is InChI=1S/C25H41NO2.ClH/c1-23(2)25(27)28-22-18-14-12-10-8-6-4-3-5-7-9-11-13-15-19-24-20-16-17-21-26-24;/h16-17,20-21H,1,3-15,18-19,22H2,2H3;1H. The zero-order valence-electron chi connectivity index (χ0n) is 18.5. The molecular formula is C25H42ClNO2. The summed E-state index contributed by atoms with van der Waals surface area (Å²) in [7, 11) is 0. The highest BCUT2D eigenvalue weighted by Crippen LogP contribution is 2.13. The van der Waals surface area contributed by atoms with Gasteiger partial charge in [-0.25, -0.2) is 4.79 Å². The van der Waals surface area contributed by atoms with Crippen molar-refractivity contribution < 1.29 is 9.53 Å².